The third-order valence-corrected chi connectivity index (χ3v) is 2.56. The van der Waals surface area contributed by atoms with Gasteiger partial charge in [0.15, 0.2) is 5.58 Å². The van der Waals surface area contributed by atoms with E-state index in [1.54, 1.807) is 0 Å². The van der Waals surface area contributed by atoms with Crippen LogP contribution >= 0.6 is 0 Å². The monoisotopic (exact) mass is 208 g/mol. The Bertz CT molecular complexity index is 707. The number of nitriles is 1. The van der Waals surface area contributed by atoms with E-state index in [2.05, 4.69) is 4.98 Å². The van der Waals surface area contributed by atoms with Crippen LogP contribution in [0.3, 0.4) is 0 Å². The normalized spacial score (nSPS) is 10.7. The van der Waals surface area contributed by atoms with E-state index in [0.717, 1.165) is 21.9 Å². The summed E-state index contributed by atoms with van der Waals surface area (Å²) in [6, 6.07) is 13.9. The minimum absolute atomic E-state index is 0.211. The molecule has 76 valence electrons. The van der Waals surface area contributed by atoms with Gasteiger partial charge in [-0.3, -0.25) is 0 Å². The van der Waals surface area contributed by atoms with Crippen molar-refractivity contribution in [2.75, 3.05) is 0 Å². The Labute approximate surface area is 91.9 Å². The molecule has 3 aromatic rings. The van der Waals surface area contributed by atoms with Crippen LogP contribution in [-0.2, 0) is 6.42 Å². The molecule has 0 atom stereocenters. The first-order valence-corrected chi connectivity index (χ1v) is 5.02. The average Bonchev–Trinajstić information content (AvgIpc) is 2.72. The van der Waals surface area contributed by atoms with E-state index in [0.29, 0.717) is 5.89 Å². The first kappa shape index (κ1) is 8.93. The lowest BCUT2D eigenvalue weighted by atomic mass is 10.1. The summed E-state index contributed by atoms with van der Waals surface area (Å²) in [5, 5.41) is 10.8. The molecule has 3 nitrogen and oxygen atoms in total. The summed E-state index contributed by atoms with van der Waals surface area (Å²) in [7, 11) is 0. The summed E-state index contributed by atoms with van der Waals surface area (Å²) in [4.78, 5) is 4.34. The molecule has 2 aromatic carbocycles. The summed E-state index contributed by atoms with van der Waals surface area (Å²) >= 11 is 0. The molecule has 0 unspecified atom stereocenters. The van der Waals surface area contributed by atoms with Gasteiger partial charge in [0, 0.05) is 5.39 Å². The number of oxazole rings is 1. The molecule has 3 rings (SSSR count). The van der Waals surface area contributed by atoms with Crippen molar-refractivity contribution in [3.63, 3.8) is 0 Å². The quantitative estimate of drug-likeness (QED) is 0.617. The molecule has 0 amide bonds. The fraction of sp³-hybridized carbons (Fsp3) is 0.0769. The zero-order chi connectivity index (χ0) is 11.0. The largest absolute Gasteiger partial charge is 0.440 e. The van der Waals surface area contributed by atoms with Gasteiger partial charge in [-0.1, -0.05) is 30.3 Å². The Morgan fingerprint density at radius 1 is 1.19 bits per heavy atom. The molecule has 1 heterocycles. The van der Waals surface area contributed by atoms with Gasteiger partial charge in [-0.05, 0) is 11.5 Å². The molecule has 0 aliphatic carbocycles. The maximum absolute atomic E-state index is 8.61. The summed E-state index contributed by atoms with van der Waals surface area (Å²) in [5.74, 6) is 0.480. The molecule has 0 bridgehead atoms. The zero-order valence-electron chi connectivity index (χ0n) is 8.47. The van der Waals surface area contributed by atoms with Gasteiger partial charge in [0.05, 0.1) is 6.07 Å². The fourth-order valence-electron chi connectivity index (χ4n) is 1.85. The second-order valence-electron chi connectivity index (χ2n) is 3.58. The number of nitrogens with zero attached hydrogens (tertiary/aromatic N) is 2. The first-order valence-electron chi connectivity index (χ1n) is 5.02. The molecule has 1 aromatic heterocycles. The van der Waals surface area contributed by atoms with E-state index in [-0.39, 0.29) is 6.42 Å². The van der Waals surface area contributed by atoms with Gasteiger partial charge in [0.25, 0.3) is 0 Å². The summed E-state index contributed by atoms with van der Waals surface area (Å²) < 4.78 is 5.48. The summed E-state index contributed by atoms with van der Waals surface area (Å²) in [6.45, 7) is 0. The minimum Gasteiger partial charge on any atom is -0.440 e. The molecule has 0 radical (unpaired) electrons. The van der Waals surface area contributed by atoms with Crippen LogP contribution in [0.1, 0.15) is 5.89 Å². The maximum atomic E-state index is 8.61. The number of hydrogen-bond acceptors (Lipinski definition) is 3. The maximum Gasteiger partial charge on any atom is 0.209 e. The van der Waals surface area contributed by atoms with Gasteiger partial charge >= 0.3 is 0 Å². The van der Waals surface area contributed by atoms with Crippen LogP contribution in [0.5, 0.6) is 0 Å². The molecule has 16 heavy (non-hydrogen) atoms. The lowest BCUT2D eigenvalue weighted by Gasteiger charge is -1.95. The van der Waals surface area contributed by atoms with Gasteiger partial charge < -0.3 is 4.42 Å². The Morgan fingerprint density at radius 3 is 2.94 bits per heavy atom. The van der Waals surface area contributed by atoms with Crippen molar-refractivity contribution in [3.05, 3.63) is 42.3 Å². The van der Waals surface area contributed by atoms with Crippen LogP contribution < -0.4 is 0 Å². The van der Waals surface area contributed by atoms with Crippen LogP contribution in [0.2, 0.25) is 0 Å². The van der Waals surface area contributed by atoms with Crippen LogP contribution in [0, 0.1) is 11.3 Å². The third kappa shape index (κ3) is 1.24. The van der Waals surface area contributed by atoms with Crippen molar-refractivity contribution in [2.24, 2.45) is 0 Å². The number of hydrogen-bond donors (Lipinski definition) is 0. The molecule has 0 aliphatic rings. The third-order valence-electron chi connectivity index (χ3n) is 2.56. The molecule has 0 N–H and O–H groups in total. The SMILES string of the molecule is N#CCc1nc2c(ccc3ccccc32)o1. The van der Waals surface area contributed by atoms with Crippen molar-refractivity contribution in [1.82, 2.24) is 4.98 Å². The van der Waals surface area contributed by atoms with E-state index in [1.165, 1.54) is 0 Å². The van der Waals surface area contributed by atoms with Crippen LogP contribution in [0.4, 0.5) is 0 Å². The van der Waals surface area contributed by atoms with Crippen molar-refractivity contribution < 1.29 is 4.42 Å². The fourth-order valence-corrected chi connectivity index (χ4v) is 1.85. The topological polar surface area (TPSA) is 49.8 Å². The molecule has 3 heteroatoms. The van der Waals surface area contributed by atoms with Gasteiger partial charge in [-0.15, -0.1) is 0 Å². The molecule has 0 spiro atoms. The van der Waals surface area contributed by atoms with E-state index in [1.807, 2.05) is 42.5 Å². The Balaban J connectivity index is 2.38. The zero-order valence-corrected chi connectivity index (χ0v) is 8.47. The Hall–Kier alpha value is -2.34. The molecule has 0 aliphatic heterocycles. The van der Waals surface area contributed by atoms with Crippen molar-refractivity contribution in [2.45, 2.75) is 6.42 Å². The second kappa shape index (κ2) is 3.35. The summed E-state index contributed by atoms with van der Waals surface area (Å²) in [6.07, 6.45) is 0.211. The van der Waals surface area contributed by atoms with E-state index in [9.17, 15) is 0 Å². The Kier molecular flexibility index (Phi) is 1.87. The highest BCUT2D eigenvalue weighted by Crippen LogP contribution is 2.25. The van der Waals surface area contributed by atoms with Crippen molar-refractivity contribution >= 4 is 21.9 Å². The van der Waals surface area contributed by atoms with Gasteiger partial charge in [0.1, 0.15) is 11.9 Å². The van der Waals surface area contributed by atoms with Crippen LogP contribution in [0.15, 0.2) is 40.8 Å². The van der Waals surface area contributed by atoms with E-state index >= 15 is 0 Å². The first-order chi connectivity index (χ1) is 7.88. The standard InChI is InChI=1S/C13H8N2O/c14-8-7-12-15-13-10-4-2-1-3-9(10)5-6-11(13)16-12/h1-6H,7H2. The van der Waals surface area contributed by atoms with Gasteiger partial charge in [-0.25, -0.2) is 4.98 Å². The second-order valence-corrected chi connectivity index (χ2v) is 3.58. The van der Waals surface area contributed by atoms with Crippen molar-refractivity contribution in [3.8, 4) is 6.07 Å². The van der Waals surface area contributed by atoms with E-state index < -0.39 is 0 Å². The molecule has 0 saturated heterocycles. The highest BCUT2D eigenvalue weighted by atomic mass is 16.3. The van der Waals surface area contributed by atoms with Crippen molar-refractivity contribution in [1.29, 1.82) is 5.26 Å². The number of rotatable bonds is 1. The van der Waals surface area contributed by atoms with Crippen LogP contribution in [-0.4, -0.2) is 4.98 Å². The minimum atomic E-state index is 0.211. The molecular formula is C13H8N2O. The highest BCUT2D eigenvalue weighted by Gasteiger charge is 2.07. The summed E-state index contributed by atoms with van der Waals surface area (Å²) in [5.41, 5.74) is 1.58. The smallest absolute Gasteiger partial charge is 0.209 e. The molecular weight excluding hydrogens is 200 g/mol. The highest BCUT2D eigenvalue weighted by molar-refractivity contribution is 6.03. The number of fused-ring (bicyclic) bond motifs is 3. The van der Waals surface area contributed by atoms with Crippen LogP contribution in [0.25, 0.3) is 21.9 Å². The average molecular weight is 208 g/mol. The van der Waals surface area contributed by atoms with Gasteiger partial charge in [-0.2, -0.15) is 5.26 Å². The van der Waals surface area contributed by atoms with E-state index in [4.69, 9.17) is 9.68 Å². The Morgan fingerprint density at radius 2 is 2.06 bits per heavy atom. The predicted molar refractivity (Wildman–Crippen MR) is 60.8 cm³/mol. The lowest BCUT2D eigenvalue weighted by molar-refractivity contribution is 0.548. The molecule has 0 saturated carbocycles. The predicted octanol–water partition coefficient (Wildman–Crippen LogP) is 3.05. The number of aromatic nitrogens is 1. The lowest BCUT2D eigenvalue weighted by Crippen LogP contribution is -1.79. The molecule has 0 fully saturated rings. The van der Waals surface area contributed by atoms with Gasteiger partial charge in [0.2, 0.25) is 5.89 Å². The number of benzene rings is 2.